The molecule has 0 aliphatic carbocycles. The summed E-state index contributed by atoms with van der Waals surface area (Å²) < 4.78 is 11.1. The van der Waals surface area contributed by atoms with Gasteiger partial charge in [-0.15, -0.1) is 0 Å². The minimum Gasteiger partial charge on any atom is -0.476 e. The molecule has 0 aliphatic rings. The summed E-state index contributed by atoms with van der Waals surface area (Å²) >= 11 is 0. The van der Waals surface area contributed by atoms with E-state index >= 15 is 0 Å². The van der Waals surface area contributed by atoms with E-state index < -0.39 is 6.10 Å². The monoisotopic (exact) mass is 336 g/mol. The summed E-state index contributed by atoms with van der Waals surface area (Å²) in [5.74, 6) is 1.14. The third-order valence-corrected chi connectivity index (χ3v) is 3.96. The first kappa shape index (κ1) is 16.8. The van der Waals surface area contributed by atoms with Crippen molar-refractivity contribution in [3.63, 3.8) is 0 Å². The van der Waals surface area contributed by atoms with E-state index in [1.807, 2.05) is 74.5 Å². The first-order chi connectivity index (χ1) is 12.1. The third-order valence-electron chi connectivity index (χ3n) is 3.96. The molecule has 3 aromatic rings. The molecule has 0 aliphatic heterocycles. The topological polar surface area (TPSA) is 64.4 Å². The standard InChI is InChI=1S/C20H20N2O3/c1-14-18(15(2)25-22-14)13-21-20(23)19(16-9-5-3-6-10-16)24-17-11-7-4-8-12-17/h3-12,19H,13H2,1-2H3,(H,21,23)/t19-/m1/s1. The molecule has 0 saturated carbocycles. The van der Waals surface area contributed by atoms with Crippen LogP contribution < -0.4 is 10.1 Å². The van der Waals surface area contributed by atoms with E-state index in [-0.39, 0.29) is 5.91 Å². The number of para-hydroxylation sites is 1. The Morgan fingerprint density at radius 3 is 2.32 bits per heavy atom. The Morgan fingerprint density at radius 1 is 1.08 bits per heavy atom. The van der Waals surface area contributed by atoms with Crippen LogP contribution in [0.2, 0.25) is 0 Å². The fourth-order valence-corrected chi connectivity index (χ4v) is 2.56. The van der Waals surface area contributed by atoms with Gasteiger partial charge in [-0.2, -0.15) is 0 Å². The van der Waals surface area contributed by atoms with Crippen LogP contribution >= 0.6 is 0 Å². The molecule has 1 aromatic heterocycles. The zero-order valence-electron chi connectivity index (χ0n) is 14.2. The van der Waals surface area contributed by atoms with Crippen LogP contribution in [-0.4, -0.2) is 11.1 Å². The Hall–Kier alpha value is -3.08. The number of carbonyl (C=O) groups is 1. The molecule has 0 unspecified atom stereocenters. The molecular formula is C20H20N2O3. The predicted octanol–water partition coefficient (Wildman–Crippen LogP) is 3.73. The summed E-state index contributed by atoms with van der Waals surface area (Å²) in [6, 6.07) is 18.8. The van der Waals surface area contributed by atoms with Gasteiger partial charge in [0.25, 0.3) is 5.91 Å². The molecule has 25 heavy (non-hydrogen) atoms. The van der Waals surface area contributed by atoms with Gasteiger partial charge in [0.15, 0.2) is 0 Å². The van der Waals surface area contributed by atoms with Crippen LogP contribution in [0.3, 0.4) is 0 Å². The number of hydrogen-bond acceptors (Lipinski definition) is 4. The van der Waals surface area contributed by atoms with E-state index in [4.69, 9.17) is 9.26 Å². The Balaban J connectivity index is 1.77. The van der Waals surface area contributed by atoms with Crippen molar-refractivity contribution in [2.75, 3.05) is 0 Å². The van der Waals surface area contributed by atoms with Gasteiger partial charge in [-0.25, -0.2) is 0 Å². The van der Waals surface area contributed by atoms with Gasteiger partial charge >= 0.3 is 0 Å². The Kier molecular flexibility index (Phi) is 5.14. The van der Waals surface area contributed by atoms with Gasteiger partial charge in [0.2, 0.25) is 6.10 Å². The fraction of sp³-hybridized carbons (Fsp3) is 0.200. The number of aryl methyl sites for hydroxylation is 2. The minimum absolute atomic E-state index is 0.213. The van der Waals surface area contributed by atoms with Gasteiger partial charge in [-0.1, -0.05) is 53.7 Å². The van der Waals surface area contributed by atoms with Crippen LogP contribution in [0.25, 0.3) is 0 Å². The van der Waals surface area contributed by atoms with E-state index in [2.05, 4.69) is 10.5 Å². The number of aromatic nitrogens is 1. The number of nitrogens with zero attached hydrogens (tertiary/aromatic N) is 1. The normalized spacial score (nSPS) is 11.8. The zero-order chi connectivity index (χ0) is 17.6. The number of nitrogens with one attached hydrogen (secondary N) is 1. The lowest BCUT2D eigenvalue weighted by molar-refractivity contribution is -0.128. The fourth-order valence-electron chi connectivity index (χ4n) is 2.56. The molecule has 1 atom stereocenters. The van der Waals surface area contributed by atoms with Crippen LogP contribution in [-0.2, 0) is 11.3 Å². The lowest BCUT2D eigenvalue weighted by Crippen LogP contribution is -2.32. The van der Waals surface area contributed by atoms with E-state index in [1.165, 1.54) is 0 Å². The number of rotatable bonds is 6. The SMILES string of the molecule is Cc1noc(C)c1CNC(=O)[C@H](Oc1ccccc1)c1ccccc1. The predicted molar refractivity (Wildman–Crippen MR) is 94.1 cm³/mol. The molecule has 0 bridgehead atoms. The summed E-state index contributed by atoms with van der Waals surface area (Å²) in [5, 5.41) is 6.83. The highest BCUT2D eigenvalue weighted by Gasteiger charge is 2.23. The first-order valence-electron chi connectivity index (χ1n) is 8.11. The average Bonchev–Trinajstić information content (AvgIpc) is 2.97. The van der Waals surface area contributed by atoms with Crippen molar-refractivity contribution < 1.29 is 14.1 Å². The van der Waals surface area contributed by atoms with Crippen molar-refractivity contribution in [1.82, 2.24) is 10.5 Å². The molecular weight excluding hydrogens is 316 g/mol. The quantitative estimate of drug-likeness (QED) is 0.745. The molecule has 5 heteroatoms. The van der Waals surface area contributed by atoms with Crippen molar-refractivity contribution in [1.29, 1.82) is 0 Å². The maximum absolute atomic E-state index is 12.8. The molecule has 0 radical (unpaired) electrons. The van der Waals surface area contributed by atoms with Crippen molar-refractivity contribution in [3.05, 3.63) is 83.2 Å². The highest BCUT2D eigenvalue weighted by molar-refractivity contribution is 5.82. The summed E-state index contributed by atoms with van der Waals surface area (Å²) in [6.45, 7) is 4.03. The molecule has 1 heterocycles. The largest absolute Gasteiger partial charge is 0.476 e. The molecule has 128 valence electrons. The van der Waals surface area contributed by atoms with Gasteiger partial charge in [0.05, 0.1) is 5.69 Å². The average molecular weight is 336 g/mol. The smallest absolute Gasteiger partial charge is 0.266 e. The minimum atomic E-state index is -0.732. The van der Waals surface area contributed by atoms with Crippen molar-refractivity contribution in [2.24, 2.45) is 0 Å². The Labute approximate surface area is 146 Å². The zero-order valence-corrected chi connectivity index (χ0v) is 14.2. The van der Waals surface area contributed by atoms with Gasteiger partial charge in [-0.3, -0.25) is 4.79 Å². The summed E-state index contributed by atoms with van der Waals surface area (Å²) in [4.78, 5) is 12.8. The second-order valence-corrected chi connectivity index (χ2v) is 5.74. The highest BCUT2D eigenvalue weighted by Crippen LogP contribution is 2.22. The molecule has 1 amide bonds. The second-order valence-electron chi connectivity index (χ2n) is 5.74. The number of hydrogen-bond donors (Lipinski definition) is 1. The van der Waals surface area contributed by atoms with Crippen LogP contribution in [0.1, 0.15) is 28.7 Å². The lowest BCUT2D eigenvalue weighted by Gasteiger charge is -2.19. The Bertz CT molecular complexity index is 809. The van der Waals surface area contributed by atoms with Gasteiger partial charge in [0.1, 0.15) is 11.5 Å². The molecule has 5 nitrogen and oxygen atoms in total. The van der Waals surface area contributed by atoms with Crippen LogP contribution in [0.4, 0.5) is 0 Å². The number of ether oxygens (including phenoxy) is 1. The Morgan fingerprint density at radius 2 is 1.72 bits per heavy atom. The molecule has 0 saturated heterocycles. The van der Waals surface area contributed by atoms with E-state index in [0.29, 0.717) is 18.1 Å². The van der Waals surface area contributed by atoms with Crippen molar-refractivity contribution in [2.45, 2.75) is 26.5 Å². The second kappa shape index (κ2) is 7.66. The van der Waals surface area contributed by atoms with Gasteiger partial charge < -0.3 is 14.6 Å². The van der Waals surface area contributed by atoms with Crippen LogP contribution in [0, 0.1) is 13.8 Å². The van der Waals surface area contributed by atoms with Crippen LogP contribution in [0.15, 0.2) is 65.2 Å². The van der Waals surface area contributed by atoms with Crippen molar-refractivity contribution >= 4 is 5.91 Å². The van der Waals surface area contributed by atoms with Crippen LogP contribution in [0.5, 0.6) is 5.75 Å². The first-order valence-corrected chi connectivity index (χ1v) is 8.11. The molecule has 0 spiro atoms. The lowest BCUT2D eigenvalue weighted by atomic mass is 10.1. The molecule has 1 N–H and O–H groups in total. The van der Waals surface area contributed by atoms with Gasteiger partial charge in [-0.05, 0) is 26.0 Å². The van der Waals surface area contributed by atoms with Gasteiger partial charge in [0, 0.05) is 17.7 Å². The molecule has 3 rings (SSSR count). The van der Waals surface area contributed by atoms with Crippen molar-refractivity contribution in [3.8, 4) is 5.75 Å². The molecule has 2 aromatic carbocycles. The summed E-state index contributed by atoms with van der Waals surface area (Å²) in [7, 11) is 0. The van der Waals surface area contributed by atoms with E-state index in [9.17, 15) is 4.79 Å². The summed E-state index contributed by atoms with van der Waals surface area (Å²) in [5.41, 5.74) is 2.46. The summed E-state index contributed by atoms with van der Waals surface area (Å²) in [6.07, 6.45) is -0.732. The molecule has 0 fully saturated rings. The number of amides is 1. The number of carbonyl (C=O) groups excluding carboxylic acids is 1. The van der Waals surface area contributed by atoms with E-state index in [1.54, 1.807) is 0 Å². The number of benzene rings is 2. The maximum atomic E-state index is 12.8. The van der Waals surface area contributed by atoms with E-state index in [0.717, 1.165) is 16.8 Å². The maximum Gasteiger partial charge on any atom is 0.266 e. The third kappa shape index (κ3) is 4.07. The highest BCUT2D eigenvalue weighted by atomic mass is 16.5.